The Balaban J connectivity index is 1.15. The van der Waals surface area contributed by atoms with Crippen LogP contribution in [-0.2, 0) is 6.54 Å². The number of para-hydroxylation sites is 2. The third kappa shape index (κ3) is 5.69. The Morgan fingerprint density at radius 2 is 1.66 bits per heavy atom. The topological polar surface area (TPSA) is 123 Å². The Bertz CT molecular complexity index is 1650. The summed E-state index contributed by atoms with van der Waals surface area (Å²) in [4.78, 5) is 47.3. The number of aromatic nitrogens is 4. The highest BCUT2D eigenvalue weighted by Gasteiger charge is 2.28. The molecule has 0 aliphatic heterocycles. The van der Waals surface area contributed by atoms with Crippen molar-refractivity contribution in [3.8, 4) is 5.69 Å². The smallest absolute Gasteiger partial charge is 0.333 e. The number of carbonyl (C=O) groups excluding carboxylic acids is 2. The van der Waals surface area contributed by atoms with E-state index in [1.54, 1.807) is 42.2 Å². The number of rotatable bonds is 8. The molecule has 0 radical (unpaired) electrons. The lowest BCUT2D eigenvalue weighted by Gasteiger charge is -2.29. The van der Waals surface area contributed by atoms with Crippen LogP contribution in [0.15, 0.2) is 59.7 Å². The second-order valence-corrected chi connectivity index (χ2v) is 11.3. The fraction of sp³-hybridized carbons (Fsp3) is 0.367. The highest BCUT2D eigenvalue weighted by atomic mass is 35.5. The van der Waals surface area contributed by atoms with Gasteiger partial charge >= 0.3 is 5.69 Å². The van der Waals surface area contributed by atoms with Gasteiger partial charge in [0.1, 0.15) is 11.5 Å². The summed E-state index contributed by atoms with van der Waals surface area (Å²) >= 11 is 6.15. The van der Waals surface area contributed by atoms with E-state index < -0.39 is 0 Å². The number of halogens is 1. The van der Waals surface area contributed by atoms with Gasteiger partial charge in [-0.15, -0.1) is 0 Å². The van der Waals surface area contributed by atoms with Crippen LogP contribution in [0.5, 0.6) is 0 Å². The molecule has 2 fully saturated rings. The monoisotopic (exact) mass is 573 g/mol. The molecule has 3 heterocycles. The highest BCUT2D eigenvalue weighted by molar-refractivity contribution is 6.31. The molecular formula is C30H32ClN7O3. The SMILES string of the molecule is CNC(=O)c1ccc(-n2c(=O)n(C[C@H]3CC[C@H](NC(=O)c4cc(Cl)cnc4NC4CC4)CC3)c3ccccc32)cn1. The molecule has 0 unspecified atom stereocenters. The Hall–Kier alpha value is -4.18. The lowest BCUT2D eigenvalue weighted by molar-refractivity contribution is 0.0919. The highest BCUT2D eigenvalue weighted by Crippen LogP contribution is 2.29. The molecule has 10 nitrogen and oxygen atoms in total. The summed E-state index contributed by atoms with van der Waals surface area (Å²) in [5.74, 6) is 0.436. The van der Waals surface area contributed by atoms with Crippen LogP contribution < -0.4 is 21.6 Å². The summed E-state index contributed by atoms with van der Waals surface area (Å²) in [7, 11) is 1.55. The standard InChI is InChI=1S/C30H32ClN7O3/c1-32-29(40)24-13-12-22(16-33-24)38-26-5-3-2-4-25(26)37(30(38)41)17-18-6-8-21(9-7-18)36-28(39)23-14-19(31)15-34-27(23)35-20-10-11-20/h2-5,12-16,18,20-21H,6-11,17H2,1H3,(H,32,40)(H,34,35)(H,36,39)/t18-,21-. The van der Waals surface area contributed by atoms with Crippen molar-refractivity contribution in [2.75, 3.05) is 12.4 Å². The van der Waals surface area contributed by atoms with E-state index in [-0.39, 0.29) is 23.5 Å². The van der Waals surface area contributed by atoms with Gasteiger partial charge in [0, 0.05) is 31.9 Å². The largest absolute Gasteiger partial charge is 0.367 e. The summed E-state index contributed by atoms with van der Waals surface area (Å²) in [5.41, 5.74) is 2.88. The number of hydrogen-bond donors (Lipinski definition) is 3. The van der Waals surface area contributed by atoms with E-state index in [4.69, 9.17) is 11.6 Å². The molecule has 2 aliphatic rings. The van der Waals surface area contributed by atoms with Crippen LogP contribution in [0, 0.1) is 5.92 Å². The van der Waals surface area contributed by atoms with Gasteiger partial charge in [-0.3, -0.25) is 18.7 Å². The Morgan fingerprint density at radius 1 is 0.927 bits per heavy atom. The average molecular weight is 574 g/mol. The molecule has 3 aromatic heterocycles. The van der Waals surface area contributed by atoms with Crippen LogP contribution in [0.1, 0.15) is 59.4 Å². The van der Waals surface area contributed by atoms with E-state index in [0.717, 1.165) is 49.6 Å². The second-order valence-electron chi connectivity index (χ2n) is 10.9. The van der Waals surface area contributed by atoms with Crippen LogP contribution in [-0.4, -0.2) is 50.0 Å². The minimum Gasteiger partial charge on any atom is -0.367 e. The average Bonchev–Trinajstić information content (AvgIpc) is 3.77. The third-order valence-electron chi connectivity index (χ3n) is 7.94. The van der Waals surface area contributed by atoms with Crippen LogP contribution in [0.3, 0.4) is 0 Å². The fourth-order valence-electron chi connectivity index (χ4n) is 5.57. The van der Waals surface area contributed by atoms with Crippen molar-refractivity contribution in [2.45, 2.75) is 57.2 Å². The molecule has 0 atom stereocenters. The number of anilines is 1. The van der Waals surface area contributed by atoms with Gasteiger partial charge in [-0.1, -0.05) is 23.7 Å². The first kappa shape index (κ1) is 27.0. The Labute approximate surface area is 242 Å². The molecule has 4 aromatic rings. The van der Waals surface area contributed by atoms with Gasteiger partial charge in [0.25, 0.3) is 11.8 Å². The molecule has 0 bridgehead atoms. The quantitative estimate of drug-likeness (QED) is 0.291. The predicted octanol–water partition coefficient (Wildman–Crippen LogP) is 4.16. The van der Waals surface area contributed by atoms with Crippen molar-refractivity contribution in [3.05, 3.63) is 81.6 Å². The van der Waals surface area contributed by atoms with Gasteiger partial charge in [-0.2, -0.15) is 0 Å². The number of imidazole rings is 1. The van der Waals surface area contributed by atoms with Gasteiger partial charge in [0.15, 0.2) is 0 Å². The van der Waals surface area contributed by atoms with Crippen molar-refractivity contribution in [3.63, 3.8) is 0 Å². The summed E-state index contributed by atoms with van der Waals surface area (Å²) < 4.78 is 3.48. The molecule has 1 aromatic carbocycles. The number of amides is 2. The second kappa shape index (κ2) is 11.4. The predicted molar refractivity (Wildman–Crippen MR) is 158 cm³/mol. The fourth-order valence-corrected chi connectivity index (χ4v) is 5.73. The number of benzene rings is 1. The molecule has 2 amide bonds. The van der Waals surface area contributed by atoms with Crippen molar-refractivity contribution >= 4 is 40.3 Å². The summed E-state index contributed by atoms with van der Waals surface area (Å²) in [6.07, 6.45) is 8.71. The number of hydrogen-bond acceptors (Lipinski definition) is 6. The van der Waals surface area contributed by atoms with E-state index >= 15 is 0 Å². The van der Waals surface area contributed by atoms with Crippen molar-refractivity contribution in [1.29, 1.82) is 0 Å². The van der Waals surface area contributed by atoms with Gasteiger partial charge in [0.2, 0.25) is 0 Å². The lowest BCUT2D eigenvalue weighted by atomic mass is 9.85. The summed E-state index contributed by atoms with van der Waals surface area (Å²) in [5, 5.41) is 9.49. The van der Waals surface area contributed by atoms with Gasteiger partial charge in [-0.25, -0.2) is 14.8 Å². The lowest BCUT2D eigenvalue weighted by Crippen LogP contribution is -2.39. The number of nitrogens with one attached hydrogen (secondary N) is 3. The van der Waals surface area contributed by atoms with Gasteiger partial charge in [0.05, 0.1) is 33.5 Å². The molecule has 0 spiro atoms. The first-order valence-electron chi connectivity index (χ1n) is 14.0. The molecule has 2 aliphatic carbocycles. The molecule has 11 heteroatoms. The van der Waals surface area contributed by atoms with E-state index in [1.807, 2.05) is 28.8 Å². The number of carbonyl (C=O) groups is 2. The van der Waals surface area contributed by atoms with E-state index in [9.17, 15) is 14.4 Å². The molecular weight excluding hydrogens is 542 g/mol. The normalized spacial score (nSPS) is 18.7. The third-order valence-corrected chi connectivity index (χ3v) is 8.15. The first-order valence-corrected chi connectivity index (χ1v) is 14.4. The van der Waals surface area contributed by atoms with Crippen LogP contribution in [0.4, 0.5) is 5.82 Å². The number of pyridine rings is 2. The molecule has 2 saturated carbocycles. The maximum atomic E-state index is 13.7. The summed E-state index contributed by atoms with van der Waals surface area (Å²) in [6, 6.07) is 13.2. The minimum atomic E-state index is -0.280. The molecule has 212 valence electrons. The molecule has 3 N–H and O–H groups in total. The summed E-state index contributed by atoms with van der Waals surface area (Å²) in [6.45, 7) is 0.588. The Kier molecular flexibility index (Phi) is 7.49. The minimum absolute atomic E-state index is 0.0504. The van der Waals surface area contributed by atoms with Crippen LogP contribution >= 0.6 is 11.6 Å². The van der Waals surface area contributed by atoms with E-state index in [2.05, 4.69) is 25.9 Å². The zero-order chi connectivity index (χ0) is 28.5. The molecule has 0 saturated heterocycles. The van der Waals surface area contributed by atoms with E-state index in [0.29, 0.717) is 46.3 Å². The van der Waals surface area contributed by atoms with Crippen LogP contribution in [0.2, 0.25) is 5.02 Å². The number of nitrogens with zero attached hydrogens (tertiary/aromatic N) is 4. The first-order chi connectivity index (χ1) is 19.9. The maximum absolute atomic E-state index is 13.7. The zero-order valence-electron chi connectivity index (χ0n) is 22.8. The van der Waals surface area contributed by atoms with Gasteiger partial charge < -0.3 is 16.0 Å². The number of fused-ring (bicyclic) bond motifs is 1. The molecule has 41 heavy (non-hydrogen) atoms. The molecule has 6 rings (SSSR count). The van der Waals surface area contributed by atoms with Crippen LogP contribution in [0.25, 0.3) is 16.7 Å². The Morgan fingerprint density at radius 3 is 2.34 bits per heavy atom. The van der Waals surface area contributed by atoms with Crippen molar-refractivity contribution < 1.29 is 9.59 Å². The van der Waals surface area contributed by atoms with E-state index in [1.165, 1.54) is 0 Å². The van der Waals surface area contributed by atoms with Gasteiger partial charge in [-0.05, 0) is 74.8 Å². The maximum Gasteiger partial charge on any atom is 0.333 e. The van der Waals surface area contributed by atoms with Crippen molar-refractivity contribution in [2.24, 2.45) is 5.92 Å². The zero-order valence-corrected chi connectivity index (χ0v) is 23.5. The van der Waals surface area contributed by atoms with Crippen molar-refractivity contribution in [1.82, 2.24) is 29.7 Å².